The maximum atomic E-state index is 10.2. The molecular formula is C20H22N2O3S. The molecule has 6 heteroatoms. The van der Waals surface area contributed by atoms with Gasteiger partial charge in [0.05, 0.1) is 6.10 Å². The Bertz CT molecular complexity index is 821. The lowest BCUT2D eigenvalue weighted by Gasteiger charge is -2.16. The van der Waals surface area contributed by atoms with Gasteiger partial charge in [0.1, 0.15) is 12.4 Å². The van der Waals surface area contributed by atoms with Crippen LogP contribution in [0.3, 0.4) is 0 Å². The Morgan fingerprint density at radius 1 is 1.04 bits per heavy atom. The summed E-state index contributed by atoms with van der Waals surface area (Å²) in [5, 5.41) is 18.7. The number of aliphatic hydroxyl groups is 1. The lowest BCUT2D eigenvalue weighted by atomic mass is 10.0. The SMILES string of the molecule is CC(C)c1ccccc1OC[C@@H](O)CSc1nnc(-c2ccccc2)o1. The lowest BCUT2D eigenvalue weighted by molar-refractivity contribution is 0.125. The molecule has 0 aliphatic carbocycles. The molecule has 3 rings (SSSR count). The average Bonchev–Trinajstić information content (AvgIpc) is 3.14. The highest BCUT2D eigenvalue weighted by Gasteiger charge is 2.13. The van der Waals surface area contributed by atoms with Gasteiger partial charge < -0.3 is 14.3 Å². The molecule has 0 aliphatic rings. The largest absolute Gasteiger partial charge is 0.491 e. The van der Waals surface area contributed by atoms with E-state index in [2.05, 4.69) is 24.0 Å². The molecule has 0 aliphatic heterocycles. The molecule has 1 heterocycles. The molecule has 136 valence electrons. The Kier molecular flexibility index (Phi) is 6.30. The van der Waals surface area contributed by atoms with Crippen LogP contribution in [0.4, 0.5) is 0 Å². The van der Waals surface area contributed by atoms with Gasteiger partial charge in [-0.2, -0.15) is 0 Å². The smallest absolute Gasteiger partial charge is 0.276 e. The van der Waals surface area contributed by atoms with Crippen molar-refractivity contribution in [3.05, 3.63) is 60.2 Å². The number of hydrogen-bond donors (Lipinski definition) is 1. The number of para-hydroxylation sites is 1. The van der Waals surface area contributed by atoms with Crippen LogP contribution in [-0.2, 0) is 0 Å². The zero-order chi connectivity index (χ0) is 18.4. The van der Waals surface area contributed by atoms with Crippen molar-refractivity contribution in [2.45, 2.75) is 31.1 Å². The summed E-state index contributed by atoms with van der Waals surface area (Å²) in [6.45, 7) is 4.46. The van der Waals surface area contributed by atoms with Gasteiger partial charge in [-0.15, -0.1) is 10.2 Å². The molecule has 1 aromatic heterocycles. The van der Waals surface area contributed by atoms with E-state index in [1.54, 1.807) is 0 Å². The quantitative estimate of drug-likeness (QED) is 0.593. The Labute approximate surface area is 157 Å². The van der Waals surface area contributed by atoms with Crippen LogP contribution >= 0.6 is 11.8 Å². The molecule has 0 spiro atoms. The summed E-state index contributed by atoms with van der Waals surface area (Å²) in [5.74, 6) is 2.08. The van der Waals surface area contributed by atoms with E-state index in [9.17, 15) is 5.11 Å². The van der Waals surface area contributed by atoms with E-state index < -0.39 is 6.10 Å². The van der Waals surface area contributed by atoms with E-state index in [0.29, 0.717) is 22.8 Å². The fourth-order valence-corrected chi connectivity index (χ4v) is 3.12. The van der Waals surface area contributed by atoms with Crippen molar-refractivity contribution in [2.75, 3.05) is 12.4 Å². The van der Waals surface area contributed by atoms with Gasteiger partial charge in [0.15, 0.2) is 0 Å². The predicted molar refractivity (Wildman–Crippen MR) is 102 cm³/mol. The molecule has 1 N–H and O–H groups in total. The molecule has 2 aromatic carbocycles. The normalized spacial score (nSPS) is 12.3. The number of rotatable bonds is 8. The van der Waals surface area contributed by atoms with E-state index in [-0.39, 0.29) is 6.61 Å². The van der Waals surface area contributed by atoms with Crippen molar-refractivity contribution in [1.82, 2.24) is 10.2 Å². The molecule has 0 bridgehead atoms. The summed E-state index contributed by atoms with van der Waals surface area (Å²) in [7, 11) is 0. The van der Waals surface area contributed by atoms with E-state index in [4.69, 9.17) is 9.15 Å². The van der Waals surface area contributed by atoms with Crippen LogP contribution in [0.25, 0.3) is 11.5 Å². The van der Waals surface area contributed by atoms with Gasteiger partial charge in [-0.05, 0) is 29.7 Å². The first-order chi connectivity index (χ1) is 12.6. The van der Waals surface area contributed by atoms with Crippen LogP contribution in [0, 0.1) is 0 Å². The zero-order valence-electron chi connectivity index (χ0n) is 14.8. The summed E-state index contributed by atoms with van der Waals surface area (Å²) < 4.78 is 11.4. The molecule has 0 unspecified atom stereocenters. The van der Waals surface area contributed by atoms with Gasteiger partial charge in [-0.1, -0.05) is 62.0 Å². The Hall–Kier alpha value is -2.31. The van der Waals surface area contributed by atoms with E-state index in [1.165, 1.54) is 11.8 Å². The third-order valence-corrected chi connectivity index (χ3v) is 4.76. The minimum absolute atomic E-state index is 0.219. The molecule has 0 amide bonds. The predicted octanol–water partition coefficient (Wildman–Crippen LogP) is 4.39. The van der Waals surface area contributed by atoms with Gasteiger partial charge in [-0.25, -0.2) is 0 Å². The van der Waals surface area contributed by atoms with Crippen LogP contribution < -0.4 is 4.74 Å². The second kappa shape index (κ2) is 8.87. The maximum Gasteiger partial charge on any atom is 0.276 e. The number of aliphatic hydroxyl groups excluding tert-OH is 1. The molecule has 0 fully saturated rings. The maximum absolute atomic E-state index is 10.2. The number of hydrogen-bond acceptors (Lipinski definition) is 6. The number of nitrogens with zero attached hydrogens (tertiary/aromatic N) is 2. The van der Waals surface area contributed by atoms with Crippen molar-refractivity contribution in [2.24, 2.45) is 0 Å². The topological polar surface area (TPSA) is 68.4 Å². The van der Waals surface area contributed by atoms with Crippen LogP contribution in [0.5, 0.6) is 5.75 Å². The Morgan fingerprint density at radius 2 is 1.77 bits per heavy atom. The molecule has 0 radical (unpaired) electrons. The monoisotopic (exact) mass is 370 g/mol. The van der Waals surface area contributed by atoms with E-state index >= 15 is 0 Å². The van der Waals surface area contributed by atoms with E-state index in [0.717, 1.165) is 16.9 Å². The van der Waals surface area contributed by atoms with Crippen molar-refractivity contribution in [3.8, 4) is 17.2 Å². The highest BCUT2D eigenvalue weighted by molar-refractivity contribution is 7.99. The standard InChI is InChI=1S/C20H22N2O3S/c1-14(2)17-10-6-7-11-18(17)24-12-16(23)13-26-20-22-21-19(25-20)15-8-4-3-5-9-15/h3-11,14,16,23H,12-13H2,1-2H3/t16-/m1/s1. The van der Waals surface area contributed by atoms with Gasteiger partial charge in [0, 0.05) is 11.3 Å². The van der Waals surface area contributed by atoms with Crippen LogP contribution in [0.15, 0.2) is 64.2 Å². The summed E-state index contributed by atoms with van der Waals surface area (Å²) in [6.07, 6.45) is -0.632. The number of benzene rings is 2. The summed E-state index contributed by atoms with van der Waals surface area (Å²) in [4.78, 5) is 0. The van der Waals surface area contributed by atoms with Crippen LogP contribution in [-0.4, -0.2) is 33.8 Å². The molecule has 0 saturated heterocycles. The Morgan fingerprint density at radius 3 is 2.54 bits per heavy atom. The van der Waals surface area contributed by atoms with Crippen molar-refractivity contribution >= 4 is 11.8 Å². The molecular weight excluding hydrogens is 348 g/mol. The molecule has 3 aromatic rings. The van der Waals surface area contributed by atoms with Crippen LogP contribution in [0.2, 0.25) is 0 Å². The first-order valence-electron chi connectivity index (χ1n) is 8.55. The fourth-order valence-electron chi connectivity index (χ4n) is 2.46. The number of thioether (sulfide) groups is 1. The average molecular weight is 370 g/mol. The van der Waals surface area contributed by atoms with Crippen molar-refractivity contribution in [1.29, 1.82) is 0 Å². The Balaban J connectivity index is 1.51. The second-order valence-corrected chi connectivity index (χ2v) is 7.18. The number of ether oxygens (including phenoxy) is 1. The lowest BCUT2D eigenvalue weighted by Crippen LogP contribution is -2.20. The third-order valence-electron chi connectivity index (χ3n) is 3.80. The highest BCUT2D eigenvalue weighted by atomic mass is 32.2. The van der Waals surface area contributed by atoms with Crippen molar-refractivity contribution < 1.29 is 14.3 Å². The molecule has 26 heavy (non-hydrogen) atoms. The third kappa shape index (κ3) is 4.86. The van der Waals surface area contributed by atoms with Gasteiger partial charge >= 0.3 is 0 Å². The minimum Gasteiger partial charge on any atom is -0.491 e. The van der Waals surface area contributed by atoms with E-state index in [1.807, 2.05) is 54.6 Å². The number of aromatic nitrogens is 2. The van der Waals surface area contributed by atoms with Crippen LogP contribution in [0.1, 0.15) is 25.3 Å². The van der Waals surface area contributed by atoms with Crippen molar-refractivity contribution in [3.63, 3.8) is 0 Å². The molecule has 1 atom stereocenters. The summed E-state index contributed by atoms with van der Waals surface area (Å²) >= 11 is 1.32. The fraction of sp³-hybridized carbons (Fsp3) is 0.300. The summed E-state index contributed by atoms with van der Waals surface area (Å²) in [5.41, 5.74) is 2.01. The minimum atomic E-state index is -0.632. The van der Waals surface area contributed by atoms with Gasteiger partial charge in [0.25, 0.3) is 5.22 Å². The summed E-state index contributed by atoms with van der Waals surface area (Å²) in [6, 6.07) is 17.5. The zero-order valence-corrected chi connectivity index (χ0v) is 15.6. The van der Waals surface area contributed by atoms with Gasteiger partial charge in [0.2, 0.25) is 5.89 Å². The highest BCUT2D eigenvalue weighted by Crippen LogP contribution is 2.27. The molecule has 5 nitrogen and oxygen atoms in total. The first kappa shape index (κ1) is 18.5. The molecule has 0 saturated carbocycles. The first-order valence-corrected chi connectivity index (χ1v) is 9.53. The second-order valence-electron chi connectivity index (χ2n) is 6.21. The van der Waals surface area contributed by atoms with Gasteiger partial charge in [-0.3, -0.25) is 0 Å².